The molecule has 0 atom stereocenters. The molecule has 1 rings (SSSR count). The highest BCUT2D eigenvalue weighted by Gasteiger charge is 2.16. The van der Waals surface area contributed by atoms with Gasteiger partial charge in [-0.2, -0.15) is 0 Å². The molecule has 18 heavy (non-hydrogen) atoms. The van der Waals surface area contributed by atoms with E-state index in [9.17, 15) is 4.79 Å². The lowest BCUT2D eigenvalue weighted by atomic mass is 9.95. The van der Waals surface area contributed by atoms with Gasteiger partial charge in [0.1, 0.15) is 0 Å². The maximum absolute atomic E-state index is 10.7. The monoisotopic (exact) mass is 248 g/mol. The molecule has 0 fully saturated rings. The lowest BCUT2D eigenvalue weighted by Gasteiger charge is -2.26. The molecule has 3 nitrogen and oxygen atoms in total. The van der Waals surface area contributed by atoms with Crippen molar-refractivity contribution in [2.75, 3.05) is 13.1 Å². The topological polar surface area (TPSA) is 41.1 Å². The third-order valence-electron chi connectivity index (χ3n) is 2.98. The van der Waals surface area contributed by atoms with Crippen molar-refractivity contribution in [2.24, 2.45) is 0 Å². The van der Waals surface area contributed by atoms with Gasteiger partial charge in [-0.05, 0) is 32.3 Å². The lowest BCUT2D eigenvalue weighted by molar-refractivity contribution is -0.118. The van der Waals surface area contributed by atoms with Gasteiger partial charge in [0, 0.05) is 25.6 Å². The Morgan fingerprint density at radius 3 is 2.44 bits per heavy atom. The van der Waals surface area contributed by atoms with Crippen molar-refractivity contribution in [1.29, 1.82) is 0 Å². The molecule has 2 N–H and O–H groups in total. The van der Waals surface area contributed by atoms with E-state index < -0.39 is 0 Å². The van der Waals surface area contributed by atoms with E-state index in [1.807, 2.05) is 6.07 Å². The van der Waals surface area contributed by atoms with Crippen LogP contribution in [0.1, 0.15) is 32.8 Å². The number of carbonyl (C=O) groups excluding carboxylic acids is 1. The van der Waals surface area contributed by atoms with E-state index in [2.05, 4.69) is 48.7 Å². The average Bonchev–Trinajstić information content (AvgIpc) is 2.34. The number of aryl methyl sites for hydroxylation is 1. The Morgan fingerprint density at radius 2 is 1.83 bits per heavy atom. The van der Waals surface area contributed by atoms with Crippen molar-refractivity contribution in [3.8, 4) is 0 Å². The van der Waals surface area contributed by atoms with Crippen LogP contribution >= 0.6 is 0 Å². The first-order valence-corrected chi connectivity index (χ1v) is 6.53. The maximum Gasteiger partial charge on any atom is 0.216 e. The smallest absolute Gasteiger partial charge is 0.216 e. The summed E-state index contributed by atoms with van der Waals surface area (Å²) >= 11 is 0. The fourth-order valence-corrected chi connectivity index (χ4v) is 1.83. The Kier molecular flexibility index (Phi) is 5.86. The molecule has 0 radical (unpaired) electrons. The first kappa shape index (κ1) is 14.7. The van der Waals surface area contributed by atoms with Gasteiger partial charge < -0.3 is 10.6 Å². The largest absolute Gasteiger partial charge is 0.355 e. The van der Waals surface area contributed by atoms with Crippen molar-refractivity contribution in [2.45, 2.75) is 39.2 Å². The summed E-state index contributed by atoms with van der Waals surface area (Å²) in [5, 5.41) is 6.26. The van der Waals surface area contributed by atoms with Crippen molar-refractivity contribution in [3.05, 3.63) is 35.9 Å². The zero-order chi connectivity index (χ0) is 13.4. The Balaban J connectivity index is 2.24. The summed E-state index contributed by atoms with van der Waals surface area (Å²) in [6, 6.07) is 10.5. The minimum Gasteiger partial charge on any atom is -0.355 e. The summed E-state index contributed by atoms with van der Waals surface area (Å²) < 4.78 is 0. The molecule has 0 aliphatic rings. The molecular formula is C15H24N2O. The number of hydrogen-bond acceptors (Lipinski definition) is 2. The lowest BCUT2D eigenvalue weighted by Crippen LogP contribution is -2.43. The highest BCUT2D eigenvalue weighted by Crippen LogP contribution is 2.13. The maximum atomic E-state index is 10.7. The molecule has 1 aromatic carbocycles. The molecule has 100 valence electrons. The van der Waals surface area contributed by atoms with Crippen molar-refractivity contribution < 1.29 is 4.79 Å². The van der Waals surface area contributed by atoms with Crippen LogP contribution in [0, 0.1) is 0 Å². The quantitative estimate of drug-likeness (QED) is 0.726. The van der Waals surface area contributed by atoms with Crippen LogP contribution in [0.2, 0.25) is 0 Å². The average molecular weight is 248 g/mol. The van der Waals surface area contributed by atoms with E-state index in [4.69, 9.17) is 0 Å². The van der Waals surface area contributed by atoms with Gasteiger partial charge in [-0.1, -0.05) is 30.3 Å². The Bertz CT molecular complexity index is 360. The number of carbonyl (C=O) groups is 1. The molecule has 0 heterocycles. The van der Waals surface area contributed by atoms with Crippen molar-refractivity contribution in [1.82, 2.24) is 10.6 Å². The second kappa shape index (κ2) is 7.17. The molecule has 0 saturated heterocycles. The molecule has 0 aromatic heterocycles. The van der Waals surface area contributed by atoms with Crippen LogP contribution < -0.4 is 10.6 Å². The van der Waals surface area contributed by atoms with Crippen LogP contribution in [-0.4, -0.2) is 24.5 Å². The summed E-state index contributed by atoms with van der Waals surface area (Å²) in [5.41, 5.74) is 1.46. The minimum atomic E-state index is 0.0268. The van der Waals surface area contributed by atoms with Gasteiger partial charge >= 0.3 is 0 Å². The van der Waals surface area contributed by atoms with Crippen molar-refractivity contribution in [3.63, 3.8) is 0 Å². The number of nitrogens with one attached hydrogen (secondary N) is 2. The Morgan fingerprint density at radius 1 is 1.17 bits per heavy atom. The zero-order valence-electron chi connectivity index (χ0n) is 11.6. The van der Waals surface area contributed by atoms with Crippen LogP contribution in [0.3, 0.4) is 0 Å². The Hall–Kier alpha value is -1.35. The summed E-state index contributed by atoms with van der Waals surface area (Å²) in [6.45, 7) is 7.43. The van der Waals surface area contributed by atoms with Gasteiger partial charge in [-0.3, -0.25) is 4.79 Å². The van der Waals surface area contributed by atoms with Gasteiger partial charge in [-0.25, -0.2) is 0 Å². The molecule has 3 heteroatoms. The predicted molar refractivity (Wildman–Crippen MR) is 75.5 cm³/mol. The molecule has 0 aliphatic heterocycles. The van der Waals surface area contributed by atoms with E-state index in [0.29, 0.717) is 6.54 Å². The molecule has 0 spiro atoms. The van der Waals surface area contributed by atoms with E-state index in [0.717, 1.165) is 19.4 Å². The summed E-state index contributed by atoms with van der Waals surface area (Å²) in [6.07, 6.45) is 2.15. The summed E-state index contributed by atoms with van der Waals surface area (Å²) in [7, 11) is 0. The van der Waals surface area contributed by atoms with Gasteiger partial charge in [0.05, 0.1) is 0 Å². The van der Waals surface area contributed by atoms with E-state index in [-0.39, 0.29) is 11.4 Å². The minimum absolute atomic E-state index is 0.0268. The third-order valence-corrected chi connectivity index (χ3v) is 2.98. The fourth-order valence-electron chi connectivity index (χ4n) is 1.83. The number of amides is 1. The van der Waals surface area contributed by atoms with Crippen LogP contribution in [-0.2, 0) is 11.2 Å². The first-order chi connectivity index (χ1) is 8.49. The number of rotatable bonds is 7. The standard InChI is InChI=1S/C15H24N2O/c1-13(18)16-11-12-17-15(2,3)10-9-14-7-5-4-6-8-14/h4-8,17H,9-12H2,1-3H3,(H,16,18). The zero-order valence-corrected chi connectivity index (χ0v) is 11.6. The molecule has 1 aromatic rings. The normalized spacial score (nSPS) is 11.3. The highest BCUT2D eigenvalue weighted by molar-refractivity contribution is 5.72. The number of hydrogen-bond donors (Lipinski definition) is 2. The SMILES string of the molecule is CC(=O)NCCNC(C)(C)CCc1ccccc1. The molecule has 0 bridgehead atoms. The van der Waals surface area contributed by atoms with Crippen LogP contribution in [0.25, 0.3) is 0 Å². The van der Waals surface area contributed by atoms with E-state index in [1.165, 1.54) is 5.56 Å². The predicted octanol–water partition coefficient (Wildman–Crippen LogP) is 2.12. The summed E-state index contributed by atoms with van der Waals surface area (Å²) in [4.78, 5) is 10.7. The molecular weight excluding hydrogens is 224 g/mol. The van der Waals surface area contributed by atoms with Crippen LogP contribution in [0.15, 0.2) is 30.3 Å². The third kappa shape index (κ3) is 6.40. The van der Waals surface area contributed by atoms with Gasteiger partial charge in [0.15, 0.2) is 0 Å². The molecule has 0 unspecified atom stereocenters. The van der Waals surface area contributed by atoms with Crippen LogP contribution in [0.4, 0.5) is 0 Å². The van der Waals surface area contributed by atoms with E-state index in [1.54, 1.807) is 6.92 Å². The fraction of sp³-hybridized carbons (Fsp3) is 0.533. The highest BCUT2D eigenvalue weighted by atomic mass is 16.1. The molecule has 1 amide bonds. The second-order valence-corrected chi connectivity index (χ2v) is 5.28. The van der Waals surface area contributed by atoms with E-state index >= 15 is 0 Å². The second-order valence-electron chi connectivity index (χ2n) is 5.28. The van der Waals surface area contributed by atoms with Gasteiger partial charge in [0.2, 0.25) is 5.91 Å². The van der Waals surface area contributed by atoms with Gasteiger partial charge in [-0.15, -0.1) is 0 Å². The van der Waals surface area contributed by atoms with Gasteiger partial charge in [0.25, 0.3) is 0 Å². The summed E-state index contributed by atoms with van der Waals surface area (Å²) in [5.74, 6) is 0.0268. The van der Waals surface area contributed by atoms with Crippen LogP contribution in [0.5, 0.6) is 0 Å². The van der Waals surface area contributed by atoms with Crippen molar-refractivity contribution >= 4 is 5.91 Å². The Labute approximate surface area is 110 Å². The molecule has 0 saturated carbocycles. The molecule has 0 aliphatic carbocycles. The first-order valence-electron chi connectivity index (χ1n) is 6.53. The number of benzene rings is 1.